The van der Waals surface area contributed by atoms with E-state index in [4.69, 9.17) is 16.2 Å². The molecule has 17 nitrogen and oxygen atoms in total. The number of ether oxygens (including phenoxy) is 1. The summed E-state index contributed by atoms with van der Waals surface area (Å²) in [6.07, 6.45) is 18.3. The molecule has 0 saturated heterocycles. The zero-order chi connectivity index (χ0) is 71.9. The number of anilines is 3. The fraction of sp³-hybridized carbons (Fsp3) is 0.453. The number of nitrogens with zero attached hydrogens (tertiary/aromatic N) is 6. The number of esters is 1. The first kappa shape index (κ1) is 68.4. The zero-order valence-corrected chi connectivity index (χ0v) is 61.1. The first-order valence-electron chi connectivity index (χ1n) is 38.1. The van der Waals surface area contributed by atoms with E-state index >= 15 is 0 Å². The van der Waals surface area contributed by atoms with Gasteiger partial charge < -0.3 is 60.1 Å². The van der Waals surface area contributed by atoms with E-state index in [-0.39, 0.29) is 35.3 Å². The number of methoxy groups -OCH3 is 1. The highest BCUT2D eigenvalue weighted by molar-refractivity contribution is 6.10. The first-order valence-corrected chi connectivity index (χ1v) is 38.1. The number of nitrogens with one attached hydrogen (secondary N) is 1. The lowest BCUT2D eigenvalue weighted by molar-refractivity contribution is -0.129. The Morgan fingerprint density at radius 1 is 0.466 bits per heavy atom. The SMILES string of the molecule is CC1(C)C(=O)N2CCn3c(c(C4CCCCC4)c4ccc(C(=O)O)cc43)-c3cccc(c32)C1N.CC1(C)C(=O)N2CCn3c(c(C4CCCCC4)c4ccc(C(=O)O)cc43)-c3cccc(c32)C1N.CNC1c2cccc3c2N(CCn2c-3c(C3CCCCC3)c3ccc(C(=O)OC)cc32)CC1(C)C. The van der Waals surface area contributed by atoms with Crippen molar-refractivity contribution in [2.75, 3.05) is 55.0 Å². The number of aromatic nitrogens is 3. The summed E-state index contributed by atoms with van der Waals surface area (Å²) >= 11 is 0. The fourth-order valence-electron chi connectivity index (χ4n) is 20.4. The number of carbonyl (C=O) groups is 5. The monoisotopic (exact) mass is 1390 g/mol. The zero-order valence-electron chi connectivity index (χ0n) is 61.1. The molecule has 6 aromatic carbocycles. The van der Waals surface area contributed by atoms with E-state index in [0.717, 1.165) is 112 Å². The molecule has 0 bridgehead atoms. The molecule has 3 atom stereocenters. The van der Waals surface area contributed by atoms with Gasteiger partial charge in [-0.05, 0) is 161 Å². The Labute approximate surface area is 603 Å². The summed E-state index contributed by atoms with van der Waals surface area (Å²) in [5.74, 6) is -0.582. The standard InChI is InChI=1S/C30H37N3O2.2C28H31N3O3/c1-30(2)18-32-15-16-33-24-17-20(29(34)35-4)13-14-21(24)25(19-9-6-5-7-10-19)27(33)22-11-8-12-23(26(22)32)28(30)31-3;2*1-28(2)25(29)20-10-6-9-19-23(20)31(27(28)34)14-13-30-21-15-17(26(32)33)11-12-18(21)22(24(19)30)16-7-4-3-5-8-16/h8,11-14,17,19,28,31H,5-7,9-10,15-16,18H2,1-4H3;2*6,9-12,15-16,25H,3-5,7-8,13-14,29H2,1-2H3,(H,32,33). The highest BCUT2D eigenvalue weighted by Gasteiger charge is 2.50. The summed E-state index contributed by atoms with van der Waals surface area (Å²) < 4.78 is 12.1. The van der Waals surface area contributed by atoms with Crippen molar-refractivity contribution in [3.8, 4) is 33.8 Å². The van der Waals surface area contributed by atoms with Crippen LogP contribution in [0.2, 0.25) is 0 Å². The van der Waals surface area contributed by atoms with Crippen molar-refractivity contribution in [3.63, 3.8) is 0 Å². The van der Waals surface area contributed by atoms with Gasteiger partial charge in [0, 0.05) is 119 Å². The molecule has 6 aliphatic heterocycles. The number of hydrogen-bond acceptors (Lipinski definition) is 10. The summed E-state index contributed by atoms with van der Waals surface area (Å²) in [5, 5.41) is 26.6. The second kappa shape index (κ2) is 26.0. The summed E-state index contributed by atoms with van der Waals surface area (Å²) in [5.41, 5.74) is 34.4. The van der Waals surface area contributed by atoms with E-state index in [9.17, 15) is 34.2 Å². The maximum Gasteiger partial charge on any atom is 0.337 e. The van der Waals surface area contributed by atoms with Crippen LogP contribution in [0.15, 0.2) is 109 Å². The van der Waals surface area contributed by atoms with E-state index in [1.54, 1.807) is 12.1 Å². The number of carboxylic acids is 2. The van der Waals surface area contributed by atoms with Crippen LogP contribution in [0.1, 0.15) is 238 Å². The van der Waals surface area contributed by atoms with E-state index in [1.807, 2.05) is 67.8 Å². The van der Waals surface area contributed by atoms with Crippen molar-refractivity contribution in [1.82, 2.24) is 19.0 Å². The van der Waals surface area contributed by atoms with Crippen molar-refractivity contribution < 1.29 is 38.9 Å². The van der Waals surface area contributed by atoms with Crippen molar-refractivity contribution in [2.24, 2.45) is 27.7 Å². The topological polar surface area (TPSA) is 224 Å². The Morgan fingerprint density at radius 3 is 1.20 bits per heavy atom. The molecule has 0 radical (unpaired) electrons. The summed E-state index contributed by atoms with van der Waals surface area (Å²) in [4.78, 5) is 69.8. The van der Waals surface area contributed by atoms with Crippen LogP contribution in [0.3, 0.4) is 0 Å². The fourth-order valence-corrected chi connectivity index (χ4v) is 20.4. The number of para-hydroxylation sites is 3. The van der Waals surface area contributed by atoms with Crippen LogP contribution in [-0.4, -0.2) is 94.0 Å². The Bertz CT molecular complexity index is 4760. The predicted molar refractivity (Wildman–Crippen MR) is 409 cm³/mol. The van der Waals surface area contributed by atoms with Crippen LogP contribution in [0.25, 0.3) is 66.5 Å². The molecule has 0 spiro atoms. The lowest BCUT2D eigenvalue weighted by atomic mass is 9.74. The third kappa shape index (κ3) is 10.9. The predicted octanol–water partition coefficient (Wildman–Crippen LogP) is 17.1. The number of hydrogen-bond donors (Lipinski definition) is 5. The van der Waals surface area contributed by atoms with Gasteiger partial charge in [0.05, 0.1) is 68.8 Å². The van der Waals surface area contributed by atoms with Crippen LogP contribution in [0.4, 0.5) is 17.1 Å². The molecule has 3 unspecified atom stereocenters. The van der Waals surface area contributed by atoms with Crippen LogP contribution >= 0.6 is 0 Å². The molecule has 7 N–H and O–H groups in total. The minimum Gasteiger partial charge on any atom is -0.478 e. The van der Waals surface area contributed by atoms with Crippen LogP contribution < -0.4 is 31.5 Å². The van der Waals surface area contributed by atoms with Gasteiger partial charge in [0.2, 0.25) is 11.8 Å². The average Bonchev–Trinajstić information content (AvgIpc) is 1.61. The smallest absolute Gasteiger partial charge is 0.337 e. The molecule has 18 rings (SSSR count). The number of aromatic carboxylic acids is 2. The summed E-state index contributed by atoms with van der Waals surface area (Å²) in [7, 11) is 3.56. The van der Waals surface area contributed by atoms with Gasteiger partial charge in [-0.3, -0.25) is 9.59 Å². The van der Waals surface area contributed by atoms with E-state index < -0.39 is 22.8 Å². The van der Waals surface area contributed by atoms with E-state index in [1.165, 1.54) is 128 Å². The lowest BCUT2D eigenvalue weighted by Crippen LogP contribution is -2.51. The molecule has 9 aromatic rings. The first-order chi connectivity index (χ1) is 49.5. The lowest BCUT2D eigenvalue weighted by Gasteiger charge is -2.46. The minimum atomic E-state index is -0.921. The molecule has 9 aliphatic rings. The molecule has 536 valence electrons. The number of nitrogens with two attached hydrogens (primary N) is 2. The summed E-state index contributed by atoms with van der Waals surface area (Å²) in [6, 6.07) is 36.2. The normalized spacial score (nSPS) is 21.7. The van der Waals surface area contributed by atoms with Crippen molar-refractivity contribution in [2.45, 2.75) is 193 Å². The number of fused-ring (bicyclic) bond motifs is 12. The van der Waals surface area contributed by atoms with E-state index in [0.29, 0.717) is 66.7 Å². The molecular weight excluding hydrogens is 1290 g/mol. The molecule has 3 aromatic heterocycles. The van der Waals surface area contributed by atoms with Gasteiger partial charge in [0.1, 0.15) is 0 Å². The number of carboxylic acid groups (broad SMARTS) is 2. The van der Waals surface area contributed by atoms with Gasteiger partial charge in [-0.2, -0.15) is 0 Å². The Hall–Kier alpha value is -9.03. The van der Waals surface area contributed by atoms with Gasteiger partial charge in [-0.25, -0.2) is 14.4 Å². The maximum absolute atomic E-state index is 13.6. The van der Waals surface area contributed by atoms with Gasteiger partial charge in [-0.15, -0.1) is 0 Å². The Kier molecular flexibility index (Phi) is 17.3. The third-order valence-corrected chi connectivity index (χ3v) is 25.6. The molecule has 17 heteroatoms. The molecule has 3 fully saturated rings. The number of benzene rings is 6. The van der Waals surface area contributed by atoms with Gasteiger partial charge in [-0.1, -0.05) is 144 Å². The Morgan fingerprint density at radius 2 is 0.825 bits per heavy atom. The molecule has 103 heavy (non-hydrogen) atoms. The molecule has 3 saturated carbocycles. The van der Waals surface area contributed by atoms with Gasteiger partial charge in [0.15, 0.2) is 0 Å². The summed E-state index contributed by atoms with van der Waals surface area (Å²) in [6.45, 7) is 17.7. The number of rotatable bonds is 7. The van der Waals surface area contributed by atoms with Crippen LogP contribution in [0.5, 0.6) is 0 Å². The van der Waals surface area contributed by atoms with Gasteiger partial charge >= 0.3 is 17.9 Å². The second-order valence-corrected chi connectivity index (χ2v) is 32.7. The van der Waals surface area contributed by atoms with Crippen LogP contribution in [-0.2, 0) is 34.0 Å². The Balaban J connectivity index is 0.000000119. The highest BCUT2D eigenvalue weighted by Crippen LogP contribution is 2.57. The highest BCUT2D eigenvalue weighted by atomic mass is 16.5. The second-order valence-electron chi connectivity index (χ2n) is 32.7. The third-order valence-electron chi connectivity index (χ3n) is 25.6. The maximum atomic E-state index is 13.6. The van der Waals surface area contributed by atoms with Crippen molar-refractivity contribution >= 4 is 79.5 Å². The quantitative estimate of drug-likeness (QED) is 0.0940. The molecule has 3 aliphatic carbocycles. The van der Waals surface area contributed by atoms with Crippen molar-refractivity contribution in [3.05, 3.63) is 159 Å². The largest absolute Gasteiger partial charge is 0.478 e. The van der Waals surface area contributed by atoms with Crippen molar-refractivity contribution in [1.29, 1.82) is 0 Å². The number of amides is 2. The van der Waals surface area contributed by atoms with Gasteiger partial charge in [0.25, 0.3) is 0 Å². The number of carbonyl (C=O) groups excluding carboxylic acids is 3. The average molecular weight is 1390 g/mol. The molecule has 9 heterocycles. The van der Waals surface area contributed by atoms with E-state index in [2.05, 4.69) is 112 Å². The molecular formula is C86H99N9O8. The van der Waals surface area contributed by atoms with Crippen LogP contribution in [0, 0.1) is 16.2 Å². The molecule has 2 amide bonds. The minimum absolute atomic E-state index is 0.0560.